The number of rotatable bonds is 4. The van der Waals surface area contributed by atoms with Crippen molar-refractivity contribution in [3.63, 3.8) is 0 Å². The van der Waals surface area contributed by atoms with Crippen LogP contribution in [0.1, 0.15) is 41.9 Å². The molecule has 1 heterocycles. The van der Waals surface area contributed by atoms with Gasteiger partial charge in [-0.3, -0.25) is 4.79 Å². The molecule has 1 aliphatic carbocycles. The van der Waals surface area contributed by atoms with Gasteiger partial charge in [0, 0.05) is 4.88 Å². The minimum absolute atomic E-state index is 0. The summed E-state index contributed by atoms with van der Waals surface area (Å²) in [5.74, 6) is 0.549. The second-order valence-corrected chi connectivity index (χ2v) is 6.87. The molecule has 2 atom stereocenters. The third kappa shape index (κ3) is 4.10. The molecule has 1 amide bonds. The van der Waals surface area contributed by atoms with Gasteiger partial charge in [0.1, 0.15) is 6.04 Å². The second kappa shape index (κ2) is 7.90. The first-order valence-corrected chi connectivity index (χ1v) is 8.59. The zero-order chi connectivity index (χ0) is 15.5. The molecule has 0 saturated carbocycles. The Labute approximate surface area is 146 Å². The summed E-state index contributed by atoms with van der Waals surface area (Å²) in [6.45, 7) is 2.23. The van der Waals surface area contributed by atoms with Crippen LogP contribution >= 0.6 is 23.7 Å². The Kier molecular flexibility index (Phi) is 6.16. The van der Waals surface area contributed by atoms with Gasteiger partial charge in [-0.1, -0.05) is 43.7 Å². The van der Waals surface area contributed by atoms with Crippen molar-refractivity contribution < 1.29 is 4.79 Å². The van der Waals surface area contributed by atoms with Gasteiger partial charge < -0.3 is 11.1 Å². The molecule has 1 aliphatic rings. The largest absolute Gasteiger partial charge is 0.316 e. The summed E-state index contributed by atoms with van der Waals surface area (Å²) in [6, 6.07) is 8.75. The summed E-state index contributed by atoms with van der Waals surface area (Å²) >= 11 is 1.60. The SMILES string of the molecule is CCC1CCc2nc(NC(=O)C(N)c3ccccc3)sc2C1.Cl. The number of thiazole rings is 1. The maximum atomic E-state index is 12.3. The van der Waals surface area contributed by atoms with E-state index in [1.54, 1.807) is 11.3 Å². The number of halogens is 1. The molecule has 3 rings (SSSR count). The summed E-state index contributed by atoms with van der Waals surface area (Å²) in [7, 11) is 0. The summed E-state index contributed by atoms with van der Waals surface area (Å²) < 4.78 is 0. The molecule has 0 fully saturated rings. The highest BCUT2D eigenvalue weighted by Crippen LogP contribution is 2.33. The van der Waals surface area contributed by atoms with Crippen molar-refractivity contribution in [3.05, 3.63) is 46.5 Å². The lowest BCUT2D eigenvalue weighted by Crippen LogP contribution is -2.27. The number of hydrogen-bond acceptors (Lipinski definition) is 4. The standard InChI is InChI=1S/C17H21N3OS.ClH/c1-2-11-8-9-13-14(10-11)22-17(19-13)20-16(21)15(18)12-6-4-3-5-7-12;/h3-7,11,15H,2,8-10,18H2,1H3,(H,19,20,21);1H. The molecule has 23 heavy (non-hydrogen) atoms. The minimum atomic E-state index is -0.662. The summed E-state index contributed by atoms with van der Waals surface area (Å²) in [4.78, 5) is 18.2. The van der Waals surface area contributed by atoms with Crippen molar-refractivity contribution in [1.29, 1.82) is 0 Å². The van der Waals surface area contributed by atoms with Crippen LogP contribution < -0.4 is 11.1 Å². The average molecular weight is 352 g/mol. The molecule has 4 nitrogen and oxygen atoms in total. The first-order chi connectivity index (χ1) is 10.7. The minimum Gasteiger partial charge on any atom is -0.316 e. The third-order valence-corrected chi connectivity index (χ3v) is 5.33. The van der Waals surface area contributed by atoms with Crippen molar-refractivity contribution in [3.8, 4) is 0 Å². The first-order valence-electron chi connectivity index (χ1n) is 7.77. The van der Waals surface area contributed by atoms with Crippen LogP contribution in [0.5, 0.6) is 0 Å². The van der Waals surface area contributed by atoms with E-state index < -0.39 is 6.04 Å². The van der Waals surface area contributed by atoms with Crippen LogP contribution in [0.15, 0.2) is 30.3 Å². The van der Waals surface area contributed by atoms with Crippen LogP contribution in [0, 0.1) is 5.92 Å². The highest BCUT2D eigenvalue weighted by atomic mass is 35.5. The van der Waals surface area contributed by atoms with Crippen LogP contribution in [0.3, 0.4) is 0 Å². The van der Waals surface area contributed by atoms with Crippen LogP contribution in [0.4, 0.5) is 5.13 Å². The van der Waals surface area contributed by atoms with Gasteiger partial charge in [0.05, 0.1) is 5.69 Å². The predicted octanol–water partition coefficient (Wildman–Crippen LogP) is 3.72. The summed E-state index contributed by atoms with van der Waals surface area (Å²) in [5, 5.41) is 3.55. The Morgan fingerprint density at radius 1 is 1.43 bits per heavy atom. The summed E-state index contributed by atoms with van der Waals surface area (Å²) in [6.07, 6.45) is 4.51. The van der Waals surface area contributed by atoms with Gasteiger partial charge >= 0.3 is 0 Å². The van der Waals surface area contributed by atoms with Crippen molar-refractivity contribution in [1.82, 2.24) is 4.98 Å². The molecule has 0 bridgehead atoms. The van der Waals surface area contributed by atoms with E-state index in [2.05, 4.69) is 17.2 Å². The lowest BCUT2D eigenvalue weighted by molar-refractivity contribution is -0.117. The van der Waals surface area contributed by atoms with E-state index in [9.17, 15) is 4.79 Å². The number of nitrogens with two attached hydrogens (primary N) is 1. The van der Waals surface area contributed by atoms with Gasteiger partial charge in [-0.15, -0.1) is 23.7 Å². The Bertz CT molecular complexity index is 659. The fourth-order valence-corrected chi connectivity index (χ4v) is 3.97. The maximum Gasteiger partial charge on any atom is 0.247 e. The zero-order valence-electron chi connectivity index (χ0n) is 13.1. The first kappa shape index (κ1) is 17.9. The number of carbonyl (C=O) groups is 1. The normalized spacial score (nSPS) is 17.7. The van der Waals surface area contributed by atoms with Gasteiger partial charge in [0.2, 0.25) is 5.91 Å². The van der Waals surface area contributed by atoms with Crippen molar-refractivity contribution in [2.24, 2.45) is 11.7 Å². The maximum absolute atomic E-state index is 12.3. The van der Waals surface area contributed by atoms with E-state index in [1.165, 1.54) is 17.7 Å². The van der Waals surface area contributed by atoms with Gasteiger partial charge in [-0.25, -0.2) is 4.98 Å². The average Bonchev–Trinajstić information content (AvgIpc) is 2.95. The van der Waals surface area contributed by atoms with Crippen molar-refractivity contribution in [2.45, 2.75) is 38.6 Å². The van der Waals surface area contributed by atoms with Crippen LogP contribution in [0.25, 0.3) is 0 Å². The molecule has 0 spiro atoms. The molecule has 1 aromatic carbocycles. The van der Waals surface area contributed by atoms with Crippen molar-refractivity contribution in [2.75, 3.05) is 5.32 Å². The van der Waals surface area contributed by atoms with Crippen LogP contribution in [0.2, 0.25) is 0 Å². The molecule has 3 N–H and O–H groups in total. The van der Waals surface area contributed by atoms with Gasteiger partial charge in [-0.05, 0) is 30.7 Å². The zero-order valence-corrected chi connectivity index (χ0v) is 14.8. The van der Waals surface area contributed by atoms with Crippen molar-refractivity contribution >= 4 is 34.8 Å². The van der Waals surface area contributed by atoms with E-state index in [4.69, 9.17) is 5.73 Å². The monoisotopic (exact) mass is 351 g/mol. The fraction of sp³-hybridized carbons (Fsp3) is 0.412. The number of fused-ring (bicyclic) bond motifs is 1. The number of nitrogens with zero attached hydrogens (tertiary/aromatic N) is 1. The van der Waals surface area contributed by atoms with Crippen LogP contribution in [-0.4, -0.2) is 10.9 Å². The van der Waals surface area contributed by atoms with E-state index in [-0.39, 0.29) is 18.3 Å². The number of carbonyl (C=O) groups excluding carboxylic acids is 1. The van der Waals surface area contributed by atoms with Gasteiger partial charge in [0.25, 0.3) is 0 Å². The van der Waals surface area contributed by atoms with Gasteiger partial charge in [0.15, 0.2) is 5.13 Å². The van der Waals surface area contributed by atoms with E-state index in [0.717, 1.165) is 30.0 Å². The van der Waals surface area contributed by atoms with Gasteiger partial charge in [-0.2, -0.15) is 0 Å². The number of aryl methyl sites for hydroxylation is 1. The van der Waals surface area contributed by atoms with E-state index in [1.807, 2.05) is 30.3 Å². The van der Waals surface area contributed by atoms with E-state index >= 15 is 0 Å². The Balaban J connectivity index is 0.00000192. The molecule has 6 heteroatoms. The molecule has 124 valence electrons. The highest BCUT2D eigenvalue weighted by molar-refractivity contribution is 7.15. The molecule has 2 unspecified atom stereocenters. The number of nitrogens with one attached hydrogen (secondary N) is 1. The number of hydrogen-bond donors (Lipinski definition) is 2. The Morgan fingerprint density at radius 2 is 2.17 bits per heavy atom. The Morgan fingerprint density at radius 3 is 2.87 bits per heavy atom. The van der Waals surface area contributed by atoms with Crippen LogP contribution in [-0.2, 0) is 17.6 Å². The Hall–Kier alpha value is -1.43. The fourth-order valence-electron chi connectivity index (χ4n) is 2.84. The lowest BCUT2D eigenvalue weighted by atomic mass is 9.89. The second-order valence-electron chi connectivity index (χ2n) is 5.78. The molecule has 0 aliphatic heterocycles. The molecule has 1 aromatic heterocycles. The number of amides is 1. The molecule has 2 aromatic rings. The number of aromatic nitrogens is 1. The molecular formula is C17H22ClN3OS. The smallest absolute Gasteiger partial charge is 0.247 e. The number of benzene rings is 1. The number of anilines is 1. The predicted molar refractivity (Wildman–Crippen MR) is 97.2 cm³/mol. The quantitative estimate of drug-likeness (QED) is 0.882. The topological polar surface area (TPSA) is 68.0 Å². The molecule has 0 saturated heterocycles. The lowest BCUT2D eigenvalue weighted by Gasteiger charge is -2.18. The van der Waals surface area contributed by atoms with E-state index in [0.29, 0.717) is 5.13 Å². The highest BCUT2D eigenvalue weighted by Gasteiger charge is 2.23. The third-order valence-electron chi connectivity index (χ3n) is 4.29. The molecule has 0 radical (unpaired) electrons. The molecular weight excluding hydrogens is 330 g/mol. The summed E-state index contributed by atoms with van der Waals surface area (Å²) in [5.41, 5.74) is 7.98.